The van der Waals surface area contributed by atoms with E-state index < -0.39 is 0 Å². The normalized spacial score (nSPS) is 14.7. The quantitative estimate of drug-likeness (QED) is 0.779. The fraction of sp³-hybridized carbons (Fsp3) is 0.688. The minimum atomic E-state index is 0.742. The van der Waals surface area contributed by atoms with Gasteiger partial charge in [-0.15, -0.1) is 0 Å². The van der Waals surface area contributed by atoms with Crippen LogP contribution in [0.25, 0.3) is 0 Å². The molecule has 0 aliphatic heterocycles. The maximum absolute atomic E-state index is 4.84. The Morgan fingerprint density at radius 2 is 2.05 bits per heavy atom. The maximum atomic E-state index is 4.84. The molecule has 0 aromatic carbocycles. The second kappa shape index (κ2) is 6.90. The molecule has 1 aromatic heterocycles. The molecule has 0 amide bonds. The zero-order valence-corrected chi connectivity index (χ0v) is 12.6. The minimum absolute atomic E-state index is 0.742. The predicted molar refractivity (Wildman–Crippen MR) is 81.7 cm³/mol. The molecule has 2 rings (SSSR count). The first-order chi connectivity index (χ1) is 9.28. The number of hydrogen-bond acceptors (Lipinski definition) is 3. The average Bonchev–Trinajstić information content (AvgIpc) is 3.26. The van der Waals surface area contributed by atoms with Gasteiger partial charge in [-0.05, 0) is 49.9 Å². The molecule has 1 aliphatic rings. The van der Waals surface area contributed by atoms with Gasteiger partial charge in [0.15, 0.2) is 0 Å². The second-order valence-corrected chi connectivity index (χ2v) is 5.38. The zero-order chi connectivity index (χ0) is 13.7. The Hall–Kier alpha value is -1.09. The summed E-state index contributed by atoms with van der Waals surface area (Å²) in [6.45, 7) is 9.68. The van der Waals surface area contributed by atoms with E-state index in [0.717, 1.165) is 32.1 Å². The van der Waals surface area contributed by atoms with E-state index in [4.69, 9.17) is 4.98 Å². The first-order valence-electron chi connectivity index (χ1n) is 7.75. The molecule has 0 saturated heterocycles. The molecule has 0 radical (unpaired) electrons. The van der Waals surface area contributed by atoms with E-state index in [2.05, 4.69) is 43.1 Å². The summed E-state index contributed by atoms with van der Waals surface area (Å²) < 4.78 is 0. The summed E-state index contributed by atoms with van der Waals surface area (Å²) >= 11 is 0. The predicted octanol–water partition coefficient (Wildman–Crippen LogP) is 3.13. The Labute approximate surface area is 117 Å². The Balaban J connectivity index is 2.21. The number of aryl methyl sites for hydroxylation is 1. The number of nitrogens with zero attached hydrogens (tertiary/aromatic N) is 2. The lowest BCUT2D eigenvalue weighted by Gasteiger charge is -2.24. The van der Waals surface area contributed by atoms with Crippen molar-refractivity contribution >= 4 is 5.82 Å². The van der Waals surface area contributed by atoms with Crippen molar-refractivity contribution in [1.29, 1.82) is 0 Å². The third-order valence-electron chi connectivity index (χ3n) is 3.61. The van der Waals surface area contributed by atoms with Crippen molar-refractivity contribution in [2.45, 2.75) is 59.0 Å². The van der Waals surface area contributed by atoms with Crippen molar-refractivity contribution in [1.82, 2.24) is 10.3 Å². The summed E-state index contributed by atoms with van der Waals surface area (Å²) in [6.07, 6.45) is 4.87. The molecule has 1 saturated carbocycles. The Bertz CT molecular complexity index is 399. The fourth-order valence-corrected chi connectivity index (χ4v) is 2.44. The van der Waals surface area contributed by atoms with Gasteiger partial charge in [0.05, 0.1) is 0 Å². The van der Waals surface area contributed by atoms with Gasteiger partial charge in [0.2, 0.25) is 0 Å². The smallest absolute Gasteiger partial charge is 0.129 e. The average molecular weight is 261 g/mol. The van der Waals surface area contributed by atoms with Crippen LogP contribution in [0.5, 0.6) is 0 Å². The van der Waals surface area contributed by atoms with Crippen LogP contribution in [-0.4, -0.2) is 24.1 Å². The van der Waals surface area contributed by atoms with Crippen molar-refractivity contribution in [3.63, 3.8) is 0 Å². The molecule has 1 aliphatic carbocycles. The summed E-state index contributed by atoms with van der Waals surface area (Å²) in [5.41, 5.74) is 2.58. The van der Waals surface area contributed by atoms with E-state index in [1.807, 2.05) is 0 Å². The largest absolute Gasteiger partial charge is 0.354 e. The number of pyridine rings is 1. The third-order valence-corrected chi connectivity index (χ3v) is 3.61. The molecular formula is C16H27N3. The van der Waals surface area contributed by atoms with Gasteiger partial charge in [0, 0.05) is 24.8 Å². The maximum Gasteiger partial charge on any atom is 0.129 e. The van der Waals surface area contributed by atoms with E-state index in [1.165, 1.54) is 36.3 Å². The van der Waals surface area contributed by atoms with E-state index in [0.29, 0.717) is 0 Å². The molecular weight excluding hydrogens is 234 g/mol. The highest BCUT2D eigenvalue weighted by Gasteiger charge is 2.29. The molecule has 3 heteroatoms. The molecule has 0 atom stereocenters. The fourth-order valence-electron chi connectivity index (χ4n) is 2.44. The summed E-state index contributed by atoms with van der Waals surface area (Å²) in [7, 11) is 0. The second-order valence-electron chi connectivity index (χ2n) is 5.38. The monoisotopic (exact) mass is 261 g/mol. The van der Waals surface area contributed by atoms with Crippen LogP contribution in [0.15, 0.2) is 12.1 Å². The van der Waals surface area contributed by atoms with Gasteiger partial charge < -0.3 is 10.2 Å². The molecule has 0 spiro atoms. The highest BCUT2D eigenvalue weighted by Crippen LogP contribution is 2.31. The Morgan fingerprint density at radius 1 is 1.26 bits per heavy atom. The van der Waals surface area contributed by atoms with E-state index >= 15 is 0 Å². The molecule has 3 nitrogen and oxygen atoms in total. The van der Waals surface area contributed by atoms with Crippen molar-refractivity contribution in [2.24, 2.45) is 0 Å². The van der Waals surface area contributed by atoms with E-state index in [9.17, 15) is 0 Å². The van der Waals surface area contributed by atoms with Crippen molar-refractivity contribution < 1.29 is 0 Å². The number of anilines is 1. The number of nitrogens with one attached hydrogen (secondary N) is 1. The van der Waals surface area contributed by atoms with Crippen LogP contribution in [-0.2, 0) is 13.0 Å². The summed E-state index contributed by atoms with van der Waals surface area (Å²) in [4.78, 5) is 7.35. The van der Waals surface area contributed by atoms with E-state index in [1.54, 1.807) is 0 Å². The number of rotatable bonds is 8. The molecule has 1 fully saturated rings. The highest BCUT2D eigenvalue weighted by atomic mass is 15.2. The Morgan fingerprint density at radius 3 is 2.63 bits per heavy atom. The summed E-state index contributed by atoms with van der Waals surface area (Å²) in [5, 5.41) is 3.41. The van der Waals surface area contributed by atoms with Crippen LogP contribution in [0.1, 0.15) is 51.3 Å². The Kier molecular flexibility index (Phi) is 5.20. The minimum Gasteiger partial charge on any atom is -0.354 e. The van der Waals surface area contributed by atoms with Gasteiger partial charge >= 0.3 is 0 Å². The van der Waals surface area contributed by atoms with Crippen LogP contribution in [0.4, 0.5) is 5.82 Å². The summed E-state index contributed by atoms with van der Waals surface area (Å²) in [6, 6.07) is 5.26. The van der Waals surface area contributed by atoms with Crippen LogP contribution in [0, 0.1) is 0 Å². The lowest BCUT2D eigenvalue weighted by molar-refractivity contribution is 0.716. The molecule has 19 heavy (non-hydrogen) atoms. The third kappa shape index (κ3) is 3.93. The summed E-state index contributed by atoms with van der Waals surface area (Å²) in [5.74, 6) is 1.19. The van der Waals surface area contributed by atoms with Crippen molar-refractivity contribution in [3.05, 3.63) is 23.4 Å². The number of hydrogen-bond donors (Lipinski definition) is 1. The molecule has 1 aromatic rings. The van der Waals surface area contributed by atoms with Gasteiger partial charge in [0.1, 0.15) is 5.82 Å². The van der Waals surface area contributed by atoms with Gasteiger partial charge in [0.25, 0.3) is 0 Å². The molecule has 1 heterocycles. The SMILES string of the molecule is CCCN(c1cc(CNCC)cc(CC)n1)C1CC1. The van der Waals surface area contributed by atoms with Crippen LogP contribution in [0.3, 0.4) is 0 Å². The number of aromatic nitrogens is 1. The topological polar surface area (TPSA) is 28.2 Å². The van der Waals surface area contributed by atoms with Crippen LogP contribution in [0.2, 0.25) is 0 Å². The van der Waals surface area contributed by atoms with Gasteiger partial charge in [-0.2, -0.15) is 0 Å². The first kappa shape index (κ1) is 14.3. The zero-order valence-electron chi connectivity index (χ0n) is 12.6. The lowest BCUT2D eigenvalue weighted by Crippen LogP contribution is -2.28. The first-order valence-corrected chi connectivity index (χ1v) is 7.75. The standard InChI is InChI=1S/C16H27N3/c1-4-9-19(15-7-8-15)16-11-13(12-17-6-3)10-14(5-2)18-16/h10-11,15,17H,4-9,12H2,1-3H3. The van der Waals surface area contributed by atoms with Gasteiger partial charge in [-0.25, -0.2) is 4.98 Å². The van der Waals surface area contributed by atoms with Crippen molar-refractivity contribution in [2.75, 3.05) is 18.0 Å². The molecule has 106 valence electrons. The van der Waals surface area contributed by atoms with E-state index in [-0.39, 0.29) is 0 Å². The molecule has 1 N–H and O–H groups in total. The molecule has 0 unspecified atom stereocenters. The molecule has 0 bridgehead atoms. The van der Waals surface area contributed by atoms with Gasteiger partial charge in [-0.1, -0.05) is 20.8 Å². The van der Waals surface area contributed by atoms with Gasteiger partial charge in [-0.3, -0.25) is 0 Å². The highest BCUT2D eigenvalue weighted by molar-refractivity contribution is 5.45. The van der Waals surface area contributed by atoms with Crippen LogP contribution >= 0.6 is 0 Å². The lowest BCUT2D eigenvalue weighted by atomic mass is 10.2. The van der Waals surface area contributed by atoms with Crippen molar-refractivity contribution in [3.8, 4) is 0 Å². The van der Waals surface area contributed by atoms with Crippen LogP contribution < -0.4 is 10.2 Å².